The highest BCUT2D eigenvalue weighted by Crippen LogP contribution is 2.29. The number of benzene rings is 2. The lowest BCUT2D eigenvalue weighted by Crippen LogP contribution is -2.36. The maximum Gasteiger partial charge on any atom is 0.244 e. The number of rotatable bonds is 5. The van der Waals surface area contributed by atoms with Gasteiger partial charge in [-0.15, -0.1) is 0 Å². The Morgan fingerprint density at radius 3 is 2.19 bits per heavy atom. The maximum absolute atomic E-state index is 12.3. The molecule has 0 radical (unpaired) electrons. The van der Waals surface area contributed by atoms with E-state index in [2.05, 4.69) is 10.6 Å². The number of nitrogens with one attached hydrogen (secondary N) is 2. The molecule has 0 aliphatic heterocycles. The van der Waals surface area contributed by atoms with Crippen LogP contribution < -0.4 is 15.5 Å². The molecule has 0 atom stereocenters. The topological polar surface area (TPSA) is 78.5 Å². The average Bonchev–Trinajstić information content (AvgIpc) is 2.57. The summed E-state index contributed by atoms with van der Waals surface area (Å²) in [5, 5.41) is 5.83. The first-order chi connectivity index (χ1) is 12.3. The molecule has 2 N–H and O–H groups in total. The Morgan fingerprint density at radius 2 is 1.62 bits per heavy atom. The van der Waals surface area contributed by atoms with E-state index in [9.17, 15) is 14.4 Å². The van der Waals surface area contributed by atoms with Crippen LogP contribution in [0.1, 0.15) is 13.8 Å². The first kappa shape index (κ1) is 19.8. The van der Waals surface area contributed by atoms with Gasteiger partial charge in [-0.3, -0.25) is 14.4 Å². The second-order valence-corrected chi connectivity index (χ2v) is 6.27. The number of amides is 3. The molecular weight excluding hydrogens is 377 g/mol. The van der Waals surface area contributed by atoms with Gasteiger partial charge in [0.15, 0.2) is 0 Å². The van der Waals surface area contributed by atoms with Gasteiger partial charge < -0.3 is 15.5 Å². The third kappa shape index (κ3) is 5.21. The summed E-state index contributed by atoms with van der Waals surface area (Å²) in [4.78, 5) is 36.6. The largest absolute Gasteiger partial charge is 0.326 e. The summed E-state index contributed by atoms with van der Waals surface area (Å²) < 4.78 is 0. The molecular formula is C18H17Cl2N3O3. The zero-order chi connectivity index (χ0) is 19.3. The maximum atomic E-state index is 12.3. The molecule has 3 amide bonds. The summed E-state index contributed by atoms with van der Waals surface area (Å²) in [6, 6.07) is 11.5. The Bertz CT molecular complexity index is 838. The van der Waals surface area contributed by atoms with Crippen molar-refractivity contribution in [3.8, 4) is 0 Å². The van der Waals surface area contributed by atoms with Gasteiger partial charge in [-0.2, -0.15) is 0 Å². The normalized spacial score (nSPS) is 10.2. The van der Waals surface area contributed by atoms with Crippen molar-refractivity contribution in [3.63, 3.8) is 0 Å². The van der Waals surface area contributed by atoms with Gasteiger partial charge in [-0.25, -0.2) is 0 Å². The molecule has 0 heterocycles. The molecule has 8 heteroatoms. The number of carbonyl (C=O) groups is 3. The molecule has 136 valence electrons. The predicted octanol–water partition coefficient (Wildman–Crippen LogP) is 3.94. The van der Waals surface area contributed by atoms with E-state index in [4.69, 9.17) is 23.2 Å². The first-order valence-corrected chi connectivity index (χ1v) is 8.43. The van der Waals surface area contributed by atoms with Crippen LogP contribution in [0.4, 0.5) is 17.1 Å². The molecule has 0 fully saturated rings. The number of anilines is 3. The Kier molecular flexibility index (Phi) is 6.60. The number of nitrogens with zero attached hydrogens (tertiary/aromatic N) is 1. The van der Waals surface area contributed by atoms with E-state index in [-0.39, 0.29) is 23.4 Å². The van der Waals surface area contributed by atoms with Gasteiger partial charge in [0, 0.05) is 25.2 Å². The molecule has 0 aliphatic rings. The molecule has 0 aliphatic carbocycles. The predicted molar refractivity (Wildman–Crippen MR) is 104 cm³/mol. The van der Waals surface area contributed by atoms with Crippen LogP contribution in [0.3, 0.4) is 0 Å². The zero-order valence-electron chi connectivity index (χ0n) is 14.2. The van der Waals surface area contributed by atoms with Crippen molar-refractivity contribution in [1.82, 2.24) is 0 Å². The molecule has 0 aromatic heterocycles. The fourth-order valence-electron chi connectivity index (χ4n) is 2.25. The van der Waals surface area contributed by atoms with E-state index < -0.39 is 5.91 Å². The quantitative estimate of drug-likeness (QED) is 0.806. The Hall–Kier alpha value is -2.57. The SMILES string of the molecule is CC(=O)Nc1ccc(N(CC(=O)Nc2cccc(Cl)c2Cl)C(C)=O)cc1. The van der Waals surface area contributed by atoms with Gasteiger partial charge >= 0.3 is 0 Å². The summed E-state index contributed by atoms with van der Waals surface area (Å²) in [7, 11) is 0. The van der Waals surface area contributed by atoms with Crippen LogP contribution in [0.5, 0.6) is 0 Å². The van der Waals surface area contributed by atoms with Crippen molar-refractivity contribution in [2.45, 2.75) is 13.8 Å². The summed E-state index contributed by atoms with van der Waals surface area (Å²) in [5.74, 6) is -0.918. The second-order valence-electron chi connectivity index (χ2n) is 5.48. The van der Waals surface area contributed by atoms with Crippen LogP contribution in [0.15, 0.2) is 42.5 Å². The molecule has 2 aromatic carbocycles. The molecule has 2 aromatic rings. The second kappa shape index (κ2) is 8.69. The Balaban J connectivity index is 2.12. The van der Waals surface area contributed by atoms with Crippen LogP contribution in [-0.4, -0.2) is 24.3 Å². The van der Waals surface area contributed by atoms with Crippen LogP contribution in [-0.2, 0) is 14.4 Å². The first-order valence-electron chi connectivity index (χ1n) is 7.67. The molecule has 2 rings (SSSR count). The number of halogens is 2. The summed E-state index contributed by atoms with van der Waals surface area (Å²) in [6.07, 6.45) is 0. The van der Waals surface area contributed by atoms with Crippen molar-refractivity contribution in [3.05, 3.63) is 52.5 Å². The van der Waals surface area contributed by atoms with Gasteiger partial charge in [0.25, 0.3) is 0 Å². The summed E-state index contributed by atoms with van der Waals surface area (Å²) in [5.41, 5.74) is 1.49. The van der Waals surface area contributed by atoms with Crippen molar-refractivity contribution in [2.75, 3.05) is 22.1 Å². The molecule has 6 nitrogen and oxygen atoms in total. The highest BCUT2D eigenvalue weighted by Gasteiger charge is 2.17. The van der Waals surface area contributed by atoms with Crippen molar-refractivity contribution < 1.29 is 14.4 Å². The Morgan fingerprint density at radius 1 is 0.962 bits per heavy atom. The molecule has 0 unspecified atom stereocenters. The minimum Gasteiger partial charge on any atom is -0.326 e. The smallest absolute Gasteiger partial charge is 0.244 e. The van der Waals surface area contributed by atoms with Gasteiger partial charge in [0.05, 0.1) is 15.7 Å². The third-order valence-electron chi connectivity index (χ3n) is 3.41. The molecule has 26 heavy (non-hydrogen) atoms. The fraction of sp³-hybridized carbons (Fsp3) is 0.167. The van der Waals surface area contributed by atoms with Gasteiger partial charge in [-0.05, 0) is 36.4 Å². The number of hydrogen-bond acceptors (Lipinski definition) is 3. The lowest BCUT2D eigenvalue weighted by molar-refractivity contribution is -0.120. The van der Waals surface area contributed by atoms with E-state index in [0.717, 1.165) is 0 Å². The summed E-state index contributed by atoms with van der Waals surface area (Å²) >= 11 is 12.0. The van der Waals surface area contributed by atoms with Crippen molar-refractivity contribution in [2.24, 2.45) is 0 Å². The van der Waals surface area contributed by atoms with E-state index in [0.29, 0.717) is 22.1 Å². The standard InChI is InChI=1S/C18H17Cl2N3O3/c1-11(24)21-13-6-8-14(9-7-13)23(12(2)25)10-17(26)22-16-5-3-4-15(19)18(16)20/h3-9H,10H2,1-2H3,(H,21,24)(H,22,26). The third-order valence-corrected chi connectivity index (χ3v) is 4.23. The molecule has 0 saturated carbocycles. The van der Waals surface area contributed by atoms with E-state index in [1.807, 2.05) is 0 Å². The van der Waals surface area contributed by atoms with E-state index in [1.165, 1.54) is 18.7 Å². The van der Waals surface area contributed by atoms with E-state index in [1.54, 1.807) is 42.5 Å². The van der Waals surface area contributed by atoms with Crippen molar-refractivity contribution in [1.29, 1.82) is 0 Å². The summed E-state index contributed by atoms with van der Waals surface area (Å²) in [6.45, 7) is 2.57. The lowest BCUT2D eigenvalue weighted by Gasteiger charge is -2.21. The molecule has 0 bridgehead atoms. The van der Waals surface area contributed by atoms with Crippen LogP contribution in [0.25, 0.3) is 0 Å². The van der Waals surface area contributed by atoms with Gasteiger partial charge in [0.1, 0.15) is 6.54 Å². The van der Waals surface area contributed by atoms with Crippen LogP contribution >= 0.6 is 23.2 Å². The average molecular weight is 394 g/mol. The van der Waals surface area contributed by atoms with E-state index >= 15 is 0 Å². The highest BCUT2D eigenvalue weighted by molar-refractivity contribution is 6.44. The van der Waals surface area contributed by atoms with Gasteiger partial charge in [0.2, 0.25) is 17.7 Å². The minimum atomic E-state index is -0.421. The van der Waals surface area contributed by atoms with Gasteiger partial charge in [-0.1, -0.05) is 29.3 Å². The van der Waals surface area contributed by atoms with Crippen molar-refractivity contribution >= 4 is 58.0 Å². The zero-order valence-corrected chi connectivity index (χ0v) is 15.7. The number of hydrogen-bond donors (Lipinski definition) is 2. The highest BCUT2D eigenvalue weighted by atomic mass is 35.5. The van der Waals surface area contributed by atoms with Crippen LogP contribution in [0.2, 0.25) is 10.0 Å². The molecule has 0 saturated heterocycles. The minimum absolute atomic E-state index is 0.195. The Labute approximate surface area is 161 Å². The van der Waals surface area contributed by atoms with Crippen LogP contribution in [0, 0.1) is 0 Å². The monoisotopic (exact) mass is 393 g/mol. The fourth-order valence-corrected chi connectivity index (χ4v) is 2.59. The number of carbonyl (C=O) groups excluding carboxylic acids is 3. The molecule has 0 spiro atoms. The lowest BCUT2D eigenvalue weighted by atomic mass is 10.2.